The van der Waals surface area contributed by atoms with Crippen LogP contribution in [0.25, 0.3) is 15.5 Å². The largest absolute Gasteiger partial charge is 0.279 e. The summed E-state index contributed by atoms with van der Waals surface area (Å²) in [6.45, 7) is 1.96. The van der Waals surface area contributed by atoms with Crippen molar-refractivity contribution in [3.8, 4) is 10.6 Å². The van der Waals surface area contributed by atoms with E-state index < -0.39 is 4.92 Å². The van der Waals surface area contributed by atoms with Gasteiger partial charge in [0.1, 0.15) is 0 Å². The number of aromatic nitrogens is 4. The summed E-state index contributed by atoms with van der Waals surface area (Å²) in [6, 6.07) is 6.55. The van der Waals surface area contributed by atoms with Crippen molar-refractivity contribution in [1.82, 2.24) is 19.8 Å². The minimum atomic E-state index is -0.404. The molecular formula is C11H9N5O2S. The molecule has 3 rings (SSSR count). The second kappa shape index (κ2) is 4.39. The van der Waals surface area contributed by atoms with E-state index >= 15 is 0 Å². The zero-order chi connectivity index (χ0) is 13.4. The minimum Gasteiger partial charge on any atom is -0.258 e. The van der Waals surface area contributed by atoms with E-state index in [0.717, 1.165) is 5.82 Å². The Balaban J connectivity index is 2.19. The second-order valence-corrected chi connectivity index (χ2v) is 4.80. The van der Waals surface area contributed by atoms with Gasteiger partial charge < -0.3 is 0 Å². The Morgan fingerprint density at radius 3 is 2.89 bits per heavy atom. The molecule has 0 aliphatic rings. The first-order valence-electron chi connectivity index (χ1n) is 5.65. The molecule has 1 aromatic carbocycles. The van der Waals surface area contributed by atoms with Crippen molar-refractivity contribution in [2.24, 2.45) is 0 Å². The van der Waals surface area contributed by atoms with E-state index in [-0.39, 0.29) is 5.69 Å². The van der Waals surface area contributed by atoms with Gasteiger partial charge in [-0.2, -0.15) is 9.61 Å². The number of para-hydroxylation sites is 1. The Hall–Kier alpha value is -2.35. The first kappa shape index (κ1) is 11.7. The van der Waals surface area contributed by atoms with E-state index in [1.807, 2.05) is 6.92 Å². The molecule has 0 fully saturated rings. The second-order valence-electron chi connectivity index (χ2n) is 3.85. The molecule has 0 aliphatic carbocycles. The van der Waals surface area contributed by atoms with Crippen LogP contribution in [-0.2, 0) is 6.42 Å². The van der Waals surface area contributed by atoms with Gasteiger partial charge >= 0.3 is 0 Å². The molecule has 2 aromatic heterocycles. The number of nitro benzene ring substituents is 1. The number of fused-ring (bicyclic) bond motifs is 1. The van der Waals surface area contributed by atoms with Gasteiger partial charge in [-0.1, -0.05) is 30.4 Å². The summed E-state index contributed by atoms with van der Waals surface area (Å²) in [5.41, 5.74) is 0.551. The molecule has 0 atom stereocenters. The van der Waals surface area contributed by atoms with Crippen LogP contribution in [-0.4, -0.2) is 24.7 Å². The van der Waals surface area contributed by atoms with Gasteiger partial charge in [0.25, 0.3) is 5.69 Å². The van der Waals surface area contributed by atoms with E-state index in [1.54, 1.807) is 22.7 Å². The van der Waals surface area contributed by atoms with Crippen LogP contribution in [0.2, 0.25) is 0 Å². The van der Waals surface area contributed by atoms with Gasteiger partial charge in [0.15, 0.2) is 10.8 Å². The minimum absolute atomic E-state index is 0.0468. The predicted octanol–water partition coefficient (Wildman–Crippen LogP) is 2.32. The molecule has 8 heteroatoms. The lowest BCUT2D eigenvalue weighted by Crippen LogP contribution is -1.95. The van der Waals surface area contributed by atoms with Gasteiger partial charge in [0.05, 0.1) is 10.5 Å². The number of aryl methyl sites for hydroxylation is 1. The third kappa shape index (κ3) is 1.85. The monoisotopic (exact) mass is 275 g/mol. The van der Waals surface area contributed by atoms with Gasteiger partial charge in [0.2, 0.25) is 4.96 Å². The highest BCUT2D eigenvalue weighted by atomic mass is 32.1. The van der Waals surface area contributed by atoms with Crippen LogP contribution in [0.5, 0.6) is 0 Å². The third-order valence-electron chi connectivity index (χ3n) is 2.70. The number of hydrogen-bond acceptors (Lipinski definition) is 6. The van der Waals surface area contributed by atoms with E-state index in [4.69, 9.17) is 0 Å². The normalized spacial score (nSPS) is 11.0. The lowest BCUT2D eigenvalue weighted by atomic mass is 10.2. The van der Waals surface area contributed by atoms with Crippen molar-refractivity contribution in [3.05, 3.63) is 40.2 Å². The molecule has 0 spiro atoms. The van der Waals surface area contributed by atoms with Crippen LogP contribution >= 0.6 is 11.3 Å². The van der Waals surface area contributed by atoms with Crippen molar-refractivity contribution < 1.29 is 4.92 Å². The maximum Gasteiger partial charge on any atom is 0.279 e. The molecule has 0 radical (unpaired) electrons. The molecule has 0 bridgehead atoms. The average Bonchev–Trinajstić information content (AvgIpc) is 2.98. The Morgan fingerprint density at radius 2 is 2.16 bits per heavy atom. The highest BCUT2D eigenvalue weighted by Crippen LogP contribution is 2.32. The smallest absolute Gasteiger partial charge is 0.258 e. The van der Waals surface area contributed by atoms with Gasteiger partial charge in [0, 0.05) is 12.5 Å². The van der Waals surface area contributed by atoms with Gasteiger partial charge in [-0.15, -0.1) is 10.2 Å². The Labute approximate surface area is 111 Å². The molecule has 0 saturated heterocycles. The van der Waals surface area contributed by atoms with Crippen molar-refractivity contribution in [1.29, 1.82) is 0 Å². The van der Waals surface area contributed by atoms with E-state index in [0.29, 0.717) is 22.0 Å². The molecule has 0 unspecified atom stereocenters. The molecule has 2 heterocycles. The topological polar surface area (TPSA) is 86.2 Å². The number of rotatable bonds is 3. The number of benzene rings is 1. The number of hydrogen-bond donors (Lipinski definition) is 0. The predicted molar refractivity (Wildman–Crippen MR) is 70.1 cm³/mol. The van der Waals surface area contributed by atoms with Crippen LogP contribution in [0.15, 0.2) is 24.3 Å². The summed E-state index contributed by atoms with van der Waals surface area (Å²) >= 11 is 1.29. The van der Waals surface area contributed by atoms with Crippen LogP contribution < -0.4 is 0 Å². The van der Waals surface area contributed by atoms with Crippen LogP contribution in [0, 0.1) is 10.1 Å². The summed E-state index contributed by atoms with van der Waals surface area (Å²) in [4.78, 5) is 11.3. The molecule has 3 aromatic rings. The highest BCUT2D eigenvalue weighted by molar-refractivity contribution is 7.19. The fraction of sp³-hybridized carbons (Fsp3) is 0.182. The SMILES string of the molecule is CCc1nnc2sc(-c3ccccc3[N+](=O)[O-])nn12. The first-order chi connectivity index (χ1) is 9.20. The Morgan fingerprint density at radius 1 is 1.37 bits per heavy atom. The lowest BCUT2D eigenvalue weighted by molar-refractivity contribution is -0.384. The molecule has 0 saturated carbocycles. The molecule has 7 nitrogen and oxygen atoms in total. The summed E-state index contributed by atoms with van der Waals surface area (Å²) < 4.78 is 1.64. The zero-order valence-corrected chi connectivity index (χ0v) is 10.8. The Bertz CT molecular complexity index is 763. The molecule has 19 heavy (non-hydrogen) atoms. The highest BCUT2D eigenvalue weighted by Gasteiger charge is 2.19. The fourth-order valence-electron chi connectivity index (χ4n) is 1.80. The van der Waals surface area contributed by atoms with Crippen LogP contribution in [0.1, 0.15) is 12.7 Å². The molecule has 0 amide bonds. The van der Waals surface area contributed by atoms with E-state index in [2.05, 4.69) is 15.3 Å². The lowest BCUT2D eigenvalue weighted by Gasteiger charge is -1.97. The van der Waals surface area contributed by atoms with E-state index in [9.17, 15) is 10.1 Å². The maximum absolute atomic E-state index is 11.0. The summed E-state index contributed by atoms with van der Waals surface area (Å²) in [5, 5.41) is 24.0. The quantitative estimate of drug-likeness (QED) is 0.541. The van der Waals surface area contributed by atoms with Gasteiger partial charge in [-0.3, -0.25) is 10.1 Å². The standard InChI is InChI=1S/C11H9N5O2S/c1-2-9-12-13-11-15(9)14-10(19-11)7-5-3-4-6-8(7)16(17)18/h3-6H,2H2,1H3. The maximum atomic E-state index is 11.0. The van der Waals surface area contributed by atoms with Gasteiger partial charge in [-0.25, -0.2) is 0 Å². The molecular weight excluding hydrogens is 266 g/mol. The van der Waals surface area contributed by atoms with Gasteiger partial charge in [-0.05, 0) is 6.07 Å². The van der Waals surface area contributed by atoms with Crippen molar-refractivity contribution in [2.75, 3.05) is 0 Å². The van der Waals surface area contributed by atoms with Crippen molar-refractivity contribution >= 4 is 22.0 Å². The van der Waals surface area contributed by atoms with Crippen LogP contribution in [0.3, 0.4) is 0 Å². The average molecular weight is 275 g/mol. The van der Waals surface area contributed by atoms with Crippen LogP contribution in [0.4, 0.5) is 5.69 Å². The zero-order valence-electron chi connectivity index (χ0n) is 9.98. The number of nitro groups is 1. The first-order valence-corrected chi connectivity index (χ1v) is 6.47. The molecule has 0 N–H and O–H groups in total. The van der Waals surface area contributed by atoms with E-state index in [1.165, 1.54) is 17.4 Å². The van der Waals surface area contributed by atoms with Crippen molar-refractivity contribution in [3.63, 3.8) is 0 Å². The summed E-state index contributed by atoms with van der Waals surface area (Å²) in [7, 11) is 0. The Kier molecular flexibility index (Phi) is 2.71. The summed E-state index contributed by atoms with van der Waals surface area (Å²) in [5.74, 6) is 0.746. The fourth-order valence-corrected chi connectivity index (χ4v) is 2.69. The number of nitrogens with zero attached hydrogens (tertiary/aromatic N) is 5. The summed E-state index contributed by atoms with van der Waals surface area (Å²) in [6.07, 6.45) is 0.710. The van der Waals surface area contributed by atoms with Crippen molar-refractivity contribution in [2.45, 2.75) is 13.3 Å². The third-order valence-corrected chi connectivity index (χ3v) is 3.63. The molecule has 0 aliphatic heterocycles. The molecule has 96 valence electrons.